The molecule has 0 amide bonds. The van der Waals surface area contributed by atoms with Crippen LogP contribution in [0.1, 0.15) is 5.56 Å². The fourth-order valence-electron chi connectivity index (χ4n) is 2.32. The highest BCUT2D eigenvalue weighted by molar-refractivity contribution is 6.30. The van der Waals surface area contributed by atoms with Crippen LogP contribution >= 0.6 is 11.6 Å². The largest absolute Gasteiger partial charge is 0.495 e. The van der Waals surface area contributed by atoms with Crippen molar-refractivity contribution in [3.05, 3.63) is 65.3 Å². The molecule has 4 heteroatoms. The molecule has 0 saturated carbocycles. The summed E-state index contributed by atoms with van der Waals surface area (Å²) in [6, 6.07) is 15.7. The van der Waals surface area contributed by atoms with E-state index < -0.39 is 0 Å². The summed E-state index contributed by atoms with van der Waals surface area (Å²) in [5.41, 5.74) is 3.02. The van der Waals surface area contributed by atoms with Gasteiger partial charge in [-0.25, -0.2) is 0 Å². The maximum Gasteiger partial charge on any atom is 0.142 e. The van der Waals surface area contributed by atoms with E-state index in [1.807, 2.05) is 36.5 Å². The third kappa shape index (κ3) is 2.93. The topological polar surface area (TPSA) is 34.1 Å². The number of hydrogen-bond acceptors (Lipinski definition) is 3. The molecule has 0 radical (unpaired) electrons. The Morgan fingerprint density at radius 1 is 1.14 bits per heavy atom. The van der Waals surface area contributed by atoms with E-state index in [1.165, 1.54) is 0 Å². The lowest BCUT2D eigenvalue weighted by Gasteiger charge is -2.12. The molecular formula is C17H15ClN2O. The Morgan fingerprint density at radius 2 is 2.00 bits per heavy atom. The Morgan fingerprint density at radius 3 is 2.86 bits per heavy atom. The molecule has 0 unspecified atom stereocenters. The van der Waals surface area contributed by atoms with Crippen molar-refractivity contribution in [1.29, 1.82) is 0 Å². The first kappa shape index (κ1) is 13.7. The number of nitrogens with one attached hydrogen (secondary N) is 1. The lowest BCUT2D eigenvalue weighted by molar-refractivity contribution is 0.416. The number of anilines is 1. The number of pyridine rings is 1. The molecule has 0 fully saturated rings. The molecule has 0 atom stereocenters. The molecule has 0 aliphatic rings. The zero-order valence-electron chi connectivity index (χ0n) is 11.6. The summed E-state index contributed by atoms with van der Waals surface area (Å²) >= 11 is 6.04. The number of hydrogen-bond donors (Lipinski definition) is 1. The molecule has 3 rings (SSSR count). The molecule has 0 saturated heterocycles. The minimum Gasteiger partial charge on any atom is -0.495 e. The summed E-state index contributed by atoms with van der Waals surface area (Å²) in [5, 5.41) is 5.17. The maximum atomic E-state index is 6.04. The van der Waals surface area contributed by atoms with Gasteiger partial charge in [-0.05, 0) is 29.8 Å². The van der Waals surface area contributed by atoms with Gasteiger partial charge in [0.05, 0.1) is 18.3 Å². The second-order valence-electron chi connectivity index (χ2n) is 4.69. The molecule has 106 valence electrons. The second-order valence-corrected chi connectivity index (χ2v) is 5.13. The average Bonchev–Trinajstić information content (AvgIpc) is 2.53. The van der Waals surface area contributed by atoms with Crippen LogP contribution in [0.3, 0.4) is 0 Å². The normalized spacial score (nSPS) is 10.6. The van der Waals surface area contributed by atoms with Gasteiger partial charge in [0.2, 0.25) is 0 Å². The van der Waals surface area contributed by atoms with Gasteiger partial charge >= 0.3 is 0 Å². The fraction of sp³-hybridized carbons (Fsp3) is 0.118. The van der Waals surface area contributed by atoms with Crippen molar-refractivity contribution < 1.29 is 4.74 Å². The van der Waals surface area contributed by atoms with E-state index in [-0.39, 0.29) is 0 Å². The summed E-state index contributed by atoms with van der Waals surface area (Å²) in [4.78, 5) is 4.46. The molecule has 0 bridgehead atoms. The highest BCUT2D eigenvalue weighted by Crippen LogP contribution is 2.28. The first-order chi connectivity index (χ1) is 10.3. The highest BCUT2D eigenvalue weighted by atomic mass is 35.5. The lowest BCUT2D eigenvalue weighted by Crippen LogP contribution is -2.02. The van der Waals surface area contributed by atoms with Gasteiger partial charge in [0.1, 0.15) is 5.75 Å². The summed E-state index contributed by atoms with van der Waals surface area (Å²) < 4.78 is 5.34. The van der Waals surface area contributed by atoms with Gasteiger partial charge in [-0.1, -0.05) is 35.9 Å². The molecule has 3 nitrogen and oxygen atoms in total. The van der Waals surface area contributed by atoms with Crippen molar-refractivity contribution in [2.75, 3.05) is 12.4 Å². The van der Waals surface area contributed by atoms with Gasteiger partial charge in [-0.15, -0.1) is 0 Å². The maximum absolute atomic E-state index is 6.04. The summed E-state index contributed by atoms with van der Waals surface area (Å²) in [7, 11) is 1.65. The van der Waals surface area contributed by atoms with Gasteiger partial charge in [-0.3, -0.25) is 4.98 Å². The number of fused-ring (bicyclic) bond motifs is 1. The average molecular weight is 299 g/mol. The van der Waals surface area contributed by atoms with Crippen molar-refractivity contribution in [3.63, 3.8) is 0 Å². The van der Waals surface area contributed by atoms with Crippen LogP contribution in [0.2, 0.25) is 5.02 Å². The number of ether oxygens (including phenoxy) is 1. The van der Waals surface area contributed by atoms with Gasteiger partial charge in [0.25, 0.3) is 0 Å². The van der Waals surface area contributed by atoms with Crippen molar-refractivity contribution >= 4 is 28.2 Å². The molecular weight excluding hydrogens is 284 g/mol. The van der Waals surface area contributed by atoms with Gasteiger partial charge in [-0.2, -0.15) is 0 Å². The van der Waals surface area contributed by atoms with E-state index in [0.29, 0.717) is 11.6 Å². The van der Waals surface area contributed by atoms with Crippen molar-refractivity contribution in [2.45, 2.75) is 6.54 Å². The Bertz CT molecular complexity index is 768. The van der Waals surface area contributed by atoms with Crippen LogP contribution < -0.4 is 10.1 Å². The predicted octanol–water partition coefficient (Wildman–Crippen LogP) is 4.51. The number of para-hydroxylation sites is 1. The summed E-state index contributed by atoms with van der Waals surface area (Å²) in [5.74, 6) is 0.771. The second kappa shape index (κ2) is 6.02. The molecule has 1 heterocycles. The lowest BCUT2D eigenvalue weighted by atomic mass is 10.1. The van der Waals surface area contributed by atoms with Crippen LogP contribution in [0.25, 0.3) is 10.9 Å². The van der Waals surface area contributed by atoms with Crippen molar-refractivity contribution in [3.8, 4) is 5.75 Å². The Labute approximate surface area is 128 Å². The highest BCUT2D eigenvalue weighted by Gasteiger charge is 2.06. The van der Waals surface area contributed by atoms with E-state index in [4.69, 9.17) is 16.3 Å². The zero-order chi connectivity index (χ0) is 14.7. The van der Waals surface area contributed by atoms with Gasteiger partial charge < -0.3 is 10.1 Å². The minimum absolute atomic E-state index is 0.658. The minimum atomic E-state index is 0.658. The predicted molar refractivity (Wildman–Crippen MR) is 87.1 cm³/mol. The molecule has 0 aliphatic carbocycles. The molecule has 21 heavy (non-hydrogen) atoms. The van der Waals surface area contributed by atoms with Crippen LogP contribution in [0.4, 0.5) is 5.69 Å². The number of methoxy groups -OCH3 is 1. The molecule has 1 aromatic heterocycles. The van der Waals surface area contributed by atoms with E-state index >= 15 is 0 Å². The smallest absolute Gasteiger partial charge is 0.142 e. The Hall–Kier alpha value is -2.26. The van der Waals surface area contributed by atoms with Crippen LogP contribution in [0.5, 0.6) is 5.75 Å². The number of halogens is 1. The van der Waals surface area contributed by atoms with Crippen LogP contribution in [0, 0.1) is 0 Å². The molecule has 3 aromatic rings. The van der Waals surface area contributed by atoms with Crippen LogP contribution in [-0.4, -0.2) is 12.1 Å². The van der Waals surface area contributed by atoms with Crippen molar-refractivity contribution in [2.24, 2.45) is 0 Å². The van der Waals surface area contributed by atoms with Gasteiger partial charge in [0.15, 0.2) is 0 Å². The van der Waals surface area contributed by atoms with Crippen molar-refractivity contribution in [1.82, 2.24) is 4.98 Å². The summed E-state index contributed by atoms with van der Waals surface area (Å²) in [6.45, 7) is 0.658. The molecule has 0 spiro atoms. The Kier molecular flexibility index (Phi) is 3.93. The number of benzene rings is 2. The third-order valence-corrected chi connectivity index (χ3v) is 3.58. The van der Waals surface area contributed by atoms with E-state index in [9.17, 15) is 0 Å². The number of nitrogens with zero attached hydrogens (tertiary/aromatic N) is 1. The summed E-state index contributed by atoms with van der Waals surface area (Å²) in [6.07, 6.45) is 1.81. The van der Waals surface area contributed by atoms with E-state index in [2.05, 4.69) is 28.5 Å². The third-order valence-electron chi connectivity index (χ3n) is 3.35. The quantitative estimate of drug-likeness (QED) is 0.769. The number of rotatable bonds is 4. The standard InChI is InChI=1S/C17H15ClN2O/c1-21-16-8-7-14(18)10-15(16)20-11-13-5-2-4-12-6-3-9-19-17(12)13/h2-10,20H,11H2,1H3. The van der Waals surface area contributed by atoms with E-state index in [0.717, 1.165) is 27.9 Å². The monoisotopic (exact) mass is 298 g/mol. The molecule has 0 aliphatic heterocycles. The first-order valence-corrected chi connectivity index (χ1v) is 7.06. The first-order valence-electron chi connectivity index (χ1n) is 6.68. The van der Waals surface area contributed by atoms with Gasteiger partial charge in [0, 0.05) is 23.2 Å². The number of aromatic nitrogens is 1. The fourth-order valence-corrected chi connectivity index (χ4v) is 2.49. The van der Waals surface area contributed by atoms with Crippen LogP contribution in [0.15, 0.2) is 54.7 Å². The SMILES string of the molecule is COc1ccc(Cl)cc1NCc1cccc2cccnc12. The molecule has 1 N–H and O–H groups in total. The van der Waals surface area contributed by atoms with Crippen LogP contribution in [-0.2, 0) is 6.54 Å². The van der Waals surface area contributed by atoms with E-state index in [1.54, 1.807) is 7.11 Å². The molecule has 2 aromatic carbocycles. The Balaban J connectivity index is 1.89. The zero-order valence-corrected chi connectivity index (χ0v) is 12.4.